The first-order valence-electron chi connectivity index (χ1n) is 11.1. The van der Waals surface area contributed by atoms with Gasteiger partial charge in [0.1, 0.15) is 6.54 Å². The van der Waals surface area contributed by atoms with E-state index in [1.807, 2.05) is 0 Å². The van der Waals surface area contributed by atoms with Gasteiger partial charge in [-0.25, -0.2) is 4.79 Å². The molecule has 12 heteroatoms. The van der Waals surface area contributed by atoms with Crippen LogP contribution in [0.4, 0.5) is 13.2 Å². The van der Waals surface area contributed by atoms with Gasteiger partial charge in [-0.1, -0.05) is 38.8 Å². The average Bonchev–Trinajstić information content (AvgIpc) is 3.38. The molecular weight excluding hydrogens is 577 g/mol. The molecule has 0 spiro atoms. The number of carbonyl (C=O) groups excluding carboxylic acids is 1. The first-order chi connectivity index (χ1) is 17.4. The minimum atomic E-state index is -4.82. The van der Waals surface area contributed by atoms with Crippen molar-refractivity contribution in [1.29, 1.82) is 0 Å². The van der Waals surface area contributed by atoms with E-state index in [-0.39, 0.29) is 35.4 Å². The predicted molar refractivity (Wildman–Crippen MR) is 141 cm³/mol. The molecule has 0 atom stereocenters. The highest BCUT2D eigenvalue weighted by atomic mass is 79.9. The monoisotopic (exact) mass is 599 g/mol. The Morgan fingerprint density at radius 1 is 1.11 bits per heavy atom. The number of hydrogen-bond donors (Lipinski definition) is 2. The lowest BCUT2D eigenvalue weighted by molar-refractivity contribution is -0.883. The molecule has 7 nitrogen and oxygen atoms in total. The van der Waals surface area contributed by atoms with Crippen LogP contribution in [0.2, 0.25) is 5.02 Å². The predicted octanol–water partition coefficient (Wildman–Crippen LogP) is 6.26. The van der Waals surface area contributed by atoms with Crippen molar-refractivity contribution in [2.24, 2.45) is 5.16 Å². The van der Waals surface area contributed by atoms with E-state index in [1.54, 1.807) is 56.6 Å². The SMILES string of the molecule is COC(=O)C[N+](C)(C)CCO/N=C(\c1c(-c2cc3cc(Cl)ccc3[nH]2)[nH]c2cc(Br)ccc12)C(F)(F)F. The Bertz CT molecular complexity index is 1490. The zero-order valence-electron chi connectivity index (χ0n) is 20.2. The molecule has 0 aliphatic heterocycles. The van der Waals surface area contributed by atoms with Crippen LogP contribution in [0.1, 0.15) is 5.56 Å². The fourth-order valence-corrected chi connectivity index (χ4v) is 4.53. The minimum absolute atomic E-state index is 0.0432. The third-order valence-corrected chi connectivity index (χ3v) is 6.57. The highest BCUT2D eigenvalue weighted by molar-refractivity contribution is 9.10. The number of oxime groups is 1. The number of hydrogen-bond acceptors (Lipinski definition) is 4. The van der Waals surface area contributed by atoms with Gasteiger partial charge < -0.3 is 24.0 Å². The van der Waals surface area contributed by atoms with Crippen LogP contribution < -0.4 is 0 Å². The van der Waals surface area contributed by atoms with E-state index in [2.05, 4.69) is 35.8 Å². The Morgan fingerprint density at radius 3 is 2.57 bits per heavy atom. The first kappa shape index (κ1) is 27.0. The van der Waals surface area contributed by atoms with E-state index in [0.29, 0.717) is 26.1 Å². The lowest BCUT2D eigenvalue weighted by Gasteiger charge is -2.27. The number of likely N-dealkylation sites (N-methyl/N-ethyl adjacent to an activating group) is 1. The number of fused-ring (bicyclic) bond motifs is 2. The van der Waals surface area contributed by atoms with Gasteiger partial charge in [-0.15, -0.1) is 0 Å². The summed E-state index contributed by atoms with van der Waals surface area (Å²) in [6.07, 6.45) is -4.82. The van der Waals surface area contributed by atoms with Crippen LogP contribution in [-0.2, 0) is 14.4 Å². The zero-order chi connectivity index (χ0) is 27.0. The van der Waals surface area contributed by atoms with Crippen molar-refractivity contribution < 1.29 is 32.0 Å². The molecule has 2 N–H and O–H groups in total. The highest BCUT2D eigenvalue weighted by Crippen LogP contribution is 2.37. The van der Waals surface area contributed by atoms with Crippen LogP contribution in [0.25, 0.3) is 33.2 Å². The van der Waals surface area contributed by atoms with E-state index in [9.17, 15) is 18.0 Å². The molecule has 0 aliphatic rings. The Balaban J connectivity index is 1.76. The van der Waals surface area contributed by atoms with E-state index < -0.39 is 17.9 Å². The highest BCUT2D eigenvalue weighted by Gasteiger charge is 2.41. The molecule has 4 rings (SSSR count). The number of aromatic amines is 2. The summed E-state index contributed by atoms with van der Waals surface area (Å²) in [5, 5.41) is 5.16. The molecule has 0 unspecified atom stereocenters. The fourth-order valence-electron chi connectivity index (χ4n) is 3.99. The van der Waals surface area contributed by atoms with Crippen molar-refractivity contribution in [2.45, 2.75) is 6.18 Å². The van der Waals surface area contributed by atoms with Gasteiger partial charge in [0.05, 0.1) is 32.6 Å². The fraction of sp³-hybridized carbons (Fsp3) is 0.280. The molecule has 0 fully saturated rings. The zero-order valence-corrected chi connectivity index (χ0v) is 22.5. The van der Waals surface area contributed by atoms with Crippen molar-refractivity contribution in [2.75, 3.05) is 40.9 Å². The summed E-state index contributed by atoms with van der Waals surface area (Å²) in [4.78, 5) is 23.0. The molecule has 0 aliphatic carbocycles. The number of alkyl halides is 3. The first-order valence-corrected chi connectivity index (χ1v) is 12.3. The maximum atomic E-state index is 14.4. The Kier molecular flexibility index (Phi) is 7.59. The second-order valence-electron chi connectivity index (χ2n) is 9.14. The number of benzene rings is 2. The average molecular weight is 601 g/mol. The van der Waals surface area contributed by atoms with Crippen LogP contribution in [-0.4, -0.2) is 73.2 Å². The third-order valence-electron chi connectivity index (χ3n) is 5.85. The summed E-state index contributed by atoms with van der Waals surface area (Å²) in [7, 11) is 4.76. The molecule has 2 heterocycles. The number of ether oxygens (including phenoxy) is 1. The third kappa shape index (κ3) is 6.11. The Hall–Kier alpha value is -3.02. The molecule has 0 bridgehead atoms. The summed E-state index contributed by atoms with van der Waals surface area (Å²) in [6.45, 7) is 0.138. The normalized spacial score (nSPS) is 12.9. The number of methoxy groups -OCH3 is 1. The summed E-state index contributed by atoms with van der Waals surface area (Å²) in [5.74, 6) is -0.432. The number of halogens is 5. The number of carbonyl (C=O) groups is 1. The number of rotatable bonds is 8. The van der Waals surface area contributed by atoms with Gasteiger partial charge in [0.15, 0.2) is 18.9 Å². The summed E-state index contributed by atoms with van der Waals surface area (Å²) >= 11 is 9.47. The summed E-state index contributed by atoms with van der Waals surface area (Å²) in [5.41, 5.74) is 0.540. The summed E-state index contributed by atoms with van der Waals surface area (Å²) in [6, 6.07) is 11.9. The molecule has 2 aromatic carbocycles. The Labute approximate surface area is 223 Å². The number of H-pyrrole nitrogens is 2. The van der Waals surface area contributed by atoms with Crippen molar-refractivity contribution in [3.63, 3.8) is 0 Å². The van der Waals surface area contributed by atoms with Gasteiger partial charge >= 0.3 is 12.1 Å². The molecule has 0 amide bonds. The van der Waals surface area contributed by atoms with E-state index in [0.717, 1.165) is 10.9 Å². The number of nitrogens with one attached hydrogen (secondary N) is 2. The van der Waals surface area contributed by atoms with Gasteiger partial charge in [0.2, 0.25) is 0 Å². The lowest BCUT2D eigenvalue weighted by atomic mass is 10.0. The van der Waals surface area contributed by atoms with Gasteiger partial charge in [0.25, 0.3) is 0 Å². The number of nitrogens with zero attached hydrogens (tertiary/aromatic N) is 2. The van der Waals surface area contributed by atoms with E-state index >= 15 is 0 Å². The van der Waals surface area contributed by atoms with Gasteiger partial charge in [-0.2, -0.15) is 13.2 Å². The molecule has 2 aromatic heterocycles. The molecule has 37 heavy (non-hydrogen) atoms. The van der Waals surface area contributed by atoms with Crippen molar-refractivity contribution >= 4 is 61.0 Å². The van der Waals surface area contributed by atoms with Gasteiger partial charge in [-0.05, 0) is 36.4 Å². The van der Waals surface area contributed by atoms with E-state index in [1.165, 1.54) is 7.11 Å². The second-order valence-corrected chi connectivity index (χ2v) is 10.5. The van der Waals surface area contributed by atoms with Crippen molar-refractivity contribution in [3.05, 3.63) is 57.5 Å². The maximum absolute atomic E-state index is 14.4. The van der Waals surface area contributed by atoms with E-state index in [4.69, 9.17) is 16.4 Å². The largest absolute Gasteiger partial charge is 0.465 e. The maximum Gasteiger partial charge on any atom is 0.437 e. The van der Waals surface area contributed by atoms with Crippen LogP contribution in [0.5, 0.6) is 0 Å². The van der Waals surface area contributed by atoms with Crippen molar-refractivity contribution in [3.8, 4) is 11.4 Å². The minimum Gasteiger partial charge on any atom is -0.465 e. The molecular formula is C25H24BrClF3N4O3+. The van der Waals surface area contributed by atoms with Gasteiger partial charge in [0, 0.05) is 36.9 Å². The molecule has 196 valence electrons. The topological polar surface area (TPSA) is 79.5 Å². The second kappa shape index (κ2) is 10.4. The molecule has 4 aromatic rings. The van der Waals surface area contributed by atoms with Crippen LogP contribution in [0, 0.1) is 0 Å². The van der Waals surface area contributed by atoms with Crippen LogP contribution in [0.3, 0.4) is 0 Å². The number of aromatic nitrogens is 2. The quantitative estimate of drug-likeness (QED) is 0.0823. The standard InChI is InChI=1S/C25H24BrClF3N4O3/c1-34(2,13-21(35)36-3)8-9-37-33-24(25(28,29)30)22-17-6-4-15(26)12-19(17)32-23(22)20-11-14-10-16(27)5-7-18(14)31-20/h4-7,10-12,31-32H,8-9,13H2,1-3H3/q+1/b33-24+. The van der Waals surface area contributed by atoms with Crippen LogP contribution in [0.15, 0.2) is 52.1 Å². The Morgan fingerprint density at radius 2 is 1.86 bits per heavy atom. The molecule has 0 radical (unpaired) electrons. The van der Waals surface area contributed by atoms with Gasteiger partial charge in [-0.3, -0.25) is 0 Å². The smallest absolute Gasteiger partial charge is 0.437 e. The van der Waals surface area contributed by atoms with Crippen LogP contribution >= 0.6 is 27.5 Å². The summed E-state index contributed by atoms with van der Waals surface area (Å²) < 4.78 is 48.7. The number of quaternary nitrogens is 1. The molecule has 0 saturated heterocycles. The lowest BCUT2D eigenvalue weighted by Crippen LogP contribution is -2.46. The number of esters is 1. The van der Waals surface area contributed by atoms with Crippen molar-refractivity contribution in [1.82, 2.24) is 9.97 Å². The molecule has 0 saturated carbocycles.